The van der Waals surface area contributed by atoms with E-state index in [9.17, 15) is 0 Å². The van der Waals surface area contributed by atoms with Crippen LogP contribution < -0.4 is 0 Å². The molecule has 1 nitrogen and oxygen atoms in total. The van der Waals surface area contributed by atoms with Gasteiger partial charge < -0.3 is 0 Å². The van der Waals surface area contributed by atoms with Crippen LogP contribution in [0.1, 0.15) is 66.2 Å². The minimum absolute atomic E-state index is 0.186. The summed E-state index contributed by atoms with van der Waals surface area (Å²) in [7, 11) is 0.186. The topological polar surface area (TPSA) is 3.24 Å². The van der Waals surface area contributed by atoms with Gasteiger partial charge in [-0.15, -0.1) is 0 Å². The van der Waals surface area contributed by atoms with E-state index in [0.717, 1.165) is 0 Å². The number of unbranched alkanes of at least 4 members (excludes halogenated alkanes) is 4. The van der Waals surface area contributed by atoms with Crippen molar-refractivity contribution in [1.29, 1.82) is 0 Å². The SMILES string of the molecule is CCCCCP(CCCCC)N(CC)CC. The van der Waals surface area contributed by atoms with Crippen molar-refractivity contribution in [2.45, 2.75) is 66.2 Å². The first kappa shape index (κ1) is 16.4. The molecule has 0 aromatic heterocycles. The van der Waals surface area contributed by atoms with Crippen LogP contribution in [-0.2, 0) is 0 Å². The van der Waals surface area contributed by atoms with Gasteiger partial charge >= 0.3 is 0 Å². The lowest BCUT2D eigenvalue weighted by atomic mass is 10.3. The second kappa shape index (κ2) is 11.9. The van der Waals surface area contributed by atoms with E-state index in [1.165, 1.54) is 63.9 Å². The highest BCUT2D eigenvalue weighted by Gasteiger charge is 2.13. The van der Waals surface area contributed by atoms with Crippen LogP contribution in [0.4, 0.5) is 0 Å². The molecule has 16 heavy (non-hydrogen) atoms. The predicted molar refractivity (Wildman–Crippen MR) is 78.6 cm³/mol. The van der Waals surface area contributed by atoms with Gasteiger partial charge in [-0.2, -0.15) is 0 Å². The van der Waals surface area contributed by atoms with Gasteiger partial charge in [0.25, 0.3) is 0 Å². The third-order valence-electron chi connectivity index (χ3n) is 3.17. The van der Waals surface area contributed by atoms with Gasteiger partial charge in [0, 0.05) is 0 Å². The van der Waals surface area contributed by atoms with E-state index in [0.29, 0.717) is 0 Å². The van der Waals surface area contributed by atoms with E-state index in [1.807, 2.05) is 0 Å². The largest absolute Gasteiger partial charge is 0.282 e. The first-order valence-electron chi connectivity index (χ1n) is 7.29. The zero-order valence-corrected chi connectivity index (χ0v) is 12.9. The van der Waals surface area contributed by atoms with Gasteiger partial charge in [-0.1, -0.05) is 53.4 Å². The van der Waals surface area contributed by atoms with Crippen molar-refractivity contribution >= 4 is 8.07 Å². The fourth-order valence-corrected chi connectivity index (χ4v) is 4.87. The van der Waals surface area contributed by atoms with Gasteiger partial charge in [0.15, 0.2) is 0 Å². The second-order valence-corrected chi connectivity index (χ2v) is 6.98. The van der Waals surface area contributed by atoms with Gasteiger partial charge in [-0.3, -0.25) is 4.67 Å². The monoisotopic (exact) mass is 245 g/mol. The molecule has 0 spiro atoms. The minimum atomic E-state index is 0.186. The summed E-state index contributed by atoms with van der Waals surface area (Å²) in [4.78, 5) is 0. The Bertz CT molecular complexity index is 125. The van der Waals surface area contributed by atoms with Crippen LogP contribution in [0.15, 0.2) is 0 Å². The van der Waals surface area contributed by atoms with Crippen molar-refractivity contribution in [3.63, 3.8) is 0 Å². The highest BCUT2D eigenvalue weighted by Crippen LogP contribution is 2.41. The van der Waals surface area contributed by atoms with Gasteiger partial charge in [-0.05, 0) is 46.3 Å². The molecular formula is C14H32NP. The molecule has 0 bridgehead atoms. The van der Waals surface area contributed by atoms with E-state index in [-0.39, 0.29) is 8.07 Å². The summed E-state index contributed by atoms with van der Waals surface area (Å²) in [6.45, 7) is 11.7. The van der Waals surface area contributed by atoms with E-state index in [1.54, 1.807) is 0 Å². The summed E-state index contributed by atoms with van der Waals surface area (Å²) < 4.78 is 2.72. The smallest absolute Gasteiger partial charge is 0.000766 e. The third kappa shape index (κ3) is 7.63. The normalized spacial score (nSPS) is 11.6. The Morgan fingerprint density at radius 3 is 1.44 bits per heavy atom. The van der Waals surface area contributed by atoms with Crippen molar-refractivity contribution in [3.05, 3.63) is 0 Å². The van der Waals surface area contributed by atoms with Gasteiger partial charge in [0.2, 0.25) is 0 Å². The molecule has 0 radical (unpaired) electrons. The summed E-state index contributed by atoms with van der Waals surface area (Å²) >= 11 is 0. The Balaban J connectivity index is 3.93. The van der Waals surface area contributed by atoms with Crippen molar-refractivity contribution in [2.75, 3.05) is 25.4 Å². The number of nitrogens with zero attached hydrogens (tertiary/aromatic N) is 1. The quantitative estimate of drug-likeness (QED) is 0.361. The van der Waals surface area contributed by atoms with E-state index in [4.69, 9.17) is 0 Å². The molecule has 0 aliphatic rings. The summed E-state index contributed by atoms with van der Waals surface area (Å²) in [6, 6.07) is 0. The molecule has 2 heteroatoms. The summed E-state index contributed by atoms with van der Waals surface area (Å²) in [6.07, 6.45) is 11.4. The van der Waals surface area contributed by atoms with Crippen LogP contribution in [0, 0.1) is 0 Å². The second-order valence-electron chi connectivity index (χ2n) is 4.51. The molecular weight excluding hydrogens is 213 g/mol. The predicted octanol–water partition coefficient (Wildman–Crippen LogP) is 5.11. The lowest BCUT2D eigenvalue weighted by Gasteiger charge is -2.30. The zero-order chi connectivity index (χ0) is 12.2. The molecule has 0 aromatic rings. The minimum Gasteiger partial charge on any atom is -0.282 e. The molecule has 0 atom stereocenters. The molecule has 0 N–H and O–H groups in total. The summed E-state index contributed by atoms with van der Waals surface area (Å²) in [5.41, 5.74) is 0. The van der Waals surface area contributed by atoms with E-state index >= 15 is 0 Å². The molecule has 0 saturated heterocycles. The molecule has 0 aromatic carbocycles. The van der Waals surface area contributed by atoms with Crippen LogP contribution >= 0.6 is 8.07 Å². The number of hydrogen-bond acceptors (Lipinski definition) is 1. The molecule has 0 rings (SSSR count). The fraction of sp³-hybridized carbons (Fsp3) is 1.00. The van der Waals surface area contributed by atoms with E-state index < -0.39 is 0 Å². The summed E-state index contributed by atoms with van der Waals surface area (Å²) in [5.74, 6) is 0. The lowest BCUT2D eigenvalue weighted by Crippen LogP contribution is -2.20. The van der Waals surface area contributed by atoms with Crippen molar-refractivity contribution in [2.24, 2.45) is 0 Å². The van der Waals surface area contributed by atoms with Gasteiger partial charge in [0.05, 0.1) is 0 Å². The Kier molecular flexibility index (Phi) is 12.2. The van der Waals surface area contributed by atoms with Gasteiger partial charge in [0.1, 0.15) is 0 Å². The van der Waals surface area contributed by atoms with Crippen LogP contribution in [-0.4, -0.2) is 30.1 Å². The van der Waals surface area contributed by atoms with Crippen molar-refractivity contribution in [3.8, 4) is 0 Å². The maximum Gasteiger partial charge on any atom is -0.000766 e. The molecule has 0 amide bonds. The average Bonchev–Trinajstić information content (AvgIpc) is 2.30. The van der Waals surface area contributed by atoms with Crippen LogP contribution in [0.2, 0.25) is 0 Å². The van der Waals surface area contributed by atoms with Crippen LogP contribution in [0.3, 0.4) is 0 Å². The van der Waals surface area contributed by atoms with Crippen molar-refractivity contribution < 1.29 is 0 Å². The molecule has 0 saturated carbocycles. The van der Waals surface area contributed by atoms with Crippen molar-refractivity contribution in [1.82, 2.24) is 4.67 Å². The van der Waals surface area contributed by atoms with Crippen LogP contribution in [0.25, 0.3) is 0 Å². The zero-order valence-electron chi connectivity index (χ0n) is 12.0. The average molecular weight is 245 g/mol. The molecule has 0 fully saturated rings. The molecule has 0 aliphatic heterocycles. The standard InChI is InChI=1S/C14H32NP/c1-5-9-11-13-16(14-12-10-6-2)15(7-3)8-4/h5-14H2,1-4H3. The molecule has 0 unspecified atom stereocenters. The lowest BCUT2D eigenvalue weighted by molar-refractivity contribution is 0.501. The summed E-state index contributed by atoms with van der Waals surface area (Å²) in [5, 5.41) is 0. The van der Waals surface area contributed by atoms with E-state index in [2.05, 4.69) is 32.4 Å². The molecule has 98 valence electrons. The van der Waals surface area contributed by atoms with Crippen LogP contribution in [0.5, 0.6) is 0 Å². The first-order valence-corrected chi connectivity index (χ1v) is 8.96. The Hall–Kier alpha value is 0.390. The molecule has 0 heterocycles. The third-order valence-corrected chi connectivity index (χ3v) is 6.20. The maximum atomic E-state index is 2.72. The Morgan fingerprint density at radius 2 is 1.12 bits per heavy atom. The highest BCUT2D eigenvalue weighted by molar-refractivity contribution is 7.55. The Morgan fingerprint density at radius 1 is 0.688 bits per heavy atom. The number of rotatable bonds is 11. The highest BCUT2D eigenvalue weighted by atomic mass is 31.1. The van der Waals surface area contributed by atoms with Gasteiger partial charge in [-0.25, -0.2) is 0 Å². The maximum absolute atomic E-state index is 2.72. The fourth-order valence-electron chi connectivity index (χ4n) is 2.11. The first-order chi connectivity index (χ1) is 7.79. The Labute approximate surface area is 105 Å². The molecule has 0 aliphatic carbocycles. The number of hydrogen-bond donors (Lipinski definition) is 0.